The quantitative estimate of drug-likeness (QED) is 0.824. The first kappa shape index (κ1) is 15.8. The molecule has 0 fully saturated rings. The molecular weight excluding hydrogens is 240 g/mol. The van der Waals surface area contributed by atoms with Gasteiger partial charge in [-0.15, -0.1) is 0 Å². The molecule has 0 aliphatic rings. The lowest BCUT2D eigenvalue weighted by Crippen LogP contribution is -2.33. The first-order valence-electron chi connectivity index (χ1n) is 6.94. The Balaban J connectivity index is 3.06. The van der Waals surface area contributed by atoms with Crippen LogP contribution in [0.2, 0.25) is 0 Å². The molecule has 1 aromatic heterocycles. The Bertz CT molecular complexity index is 398. The highest BCUT2D eigenvalue weighted by atomic mass is 16.5. The molecule has 0 saturated heterocycles. The number of ether oxygens (including phenoxy) is 1. The van der Waals surface area contributed by atoms with Gasteiger partial charge in [0.1, 0.15) is 0 Å². The fourth-order valence-electron chi connectivity index (χ4n) is 2.28. The summed E-state index contributed by atoms with van der Waals surface area (Å²) in [6.07, 6.45) is 0. The van der Waals surface area contributed by atoms with Gasteiger partial charge in [0.25, 0.3) is 0 Å². The van der Waals surface area contributed by atoms with Crippen LogP contribution in [-0.4, -0.2) is 36.6 Å². The molecule has 5 heteroatoms. The monoisotopic (exact) mass is 268 g/mol. The molecule has 0 amide bonds. The van der Waals surface area contributed by atoms with Crippen molar-refractivity contribution in [2.45, 2.75) is 33.6 Å². The van der Waals surface area contributed by atoms with Crippen LogP contribution in [-0.2, 0) is 11.8 Å². The smallest absolute Gasteiger partial charge is 0.150 e. The van der Waals surface area contributed by atoms with Gasteiger partial charge in [0.15, 0.2) is 5.82 Å². The molecule has 0 unspecified atom stereocenters. The summed E-state index contributed by atoms with van der Waals surface area (Å²) in [5.74, 6) is 1.91. The number of hydrogen-bond acceptors (Lipinski definition) is 4. The minimum absolute atomic E-state index is 0.336. The predicted molar refractivity (Wildman–Crippen MR) is 80.6 cm³/mol. The van der Waals surface area contributed by atoms with Gasteiger partial charge in [-0.25, -0.2) is 0 Å². The number of nitrogen functional groups attached to an aromatic ring is 1. The van der Waals surface area contributed by atoms with Crippen molar-refractivity contribution in [1.29, 1.82) is 0 Å². The number of nitrogens with zero attached hydrogens (tertiary/aromatic N) is 3. The lowest BCUT2D eigenvalue weighted by atomic mass is 10.1. The van der Waals surface area contributed by atoms with Crippen molar-refractivity contribution in [3.05, 3.63) is 5.69 Å². The van der Waals surface area contributed by atoms with Crippen LogP contribution in [0.4, 0.5) is 11.5 Å². The molecule has 0 aliphatic carbocycles. The number of anilines is 2. The zero-order valence-electron chi connectivity index (χ0n) is 13.1. The van der Waals surface area contributed by atoms with Gasteiger partial charge >= 0.3 is 0 Å². The topological polar surface area (TPSA) is 56.3 Å². The van der Waals surface area contributed by atoms with Crippen LogP contribution < -0.4 is 10.6 Å². The van der Waals surface area contributed by atoms with Crippen molar-refractivity contribution in [2.24, 2.45) is 13.0 Å². The number of rotatable bonds is 7. The highest BCUT2D eigenvalue weighted by Crippen LogP contribution is 2.30. The first-order chi connectivity index (χ1) is 8.88. The second-order valence-electron chi connectivity index (χ2n) is 5.73. The maximum absolute atomic E-state index is 6.29. The van der Waals surface area contributed by atoms with Crippen LogP contribution in [0.3, 0.4) is 0 Å². The second-order valence-corrected chi connectivity index (χ2v) is 5.73. The lowest BCUT2D eigenvalue weighted by molar-refractivity contribution is 0.204. The number of hydrogen-bond donors (Lipinski definition) is 1. The van der Waals surface area contributed by atoms with Gasteiger partial charge in [-0.1, -0.05) is 27.7 Å². The zero-order valence-corrected chi connectivity index (χ0v) is 13.1. The van der Waals surface area contributed by atoms with E-state index in [1.807, 2.05) is 11.7 Å². The van der Waals surface area contributed by atoms with E-state index in [1.54, 1.807) is 7.11 Å². The molecule has 0 spiro atoms. The lowest BCUT2D eigenvalue weighted by Gasteiger charge is -2.26. The minimum Gasteiger partial charge on any atom is -0.394 e. The molecule has 0 saturated carbocycles. The molecule has 1 aromatic rings. The van der Waals surface area contributed by atoms with E-state index in [4.69, 9.17) is 10.5 Å². The van der Waals surface area contributed by atoms with E-state index < -0.39 is 0 Å². The van der Waals surface area contributed by atoms with E-state index in [0.717, 1.165) is 30.3 Å². The number of aromatic nitrogens is 2. The third kappa shape index (κ3) is 3.86. The number of methoxy groups -OCH3 is 1. The van der Waals surface area contributed by atoms with E-state index in [-0.39, 0.29) is 0 Å². The standard InChI is InChI=1S/C14H28N4O/c1-10(2)9-18(7-8-19-6)14-12(15)13(11(3)4)16-17(14)5/h10-11H,7-9,15H2,1-6H3. The van der Waals surface area contributed by atoms with Crippen molar-refractivity contribution in [2.75, 3.05) is 37.4 Å². The van der Waals surface area contributed by atoms with Gasteiger partial charge in [-0.05, 0) is 11.8 Å². The summed E-state index contributed by atoms with van der Waals surface area (Å²) >= 11 is 0. The van der Waals surface area contributed by atoms with Crippen molar-refractivity contribution >= 4 is 11.5 Å². The number of nitrogens with two attached hydrogens (primary N) is 1. The third-order valence-electron chi connectivity index (χ3n) is 3.08. The Kier molecular flexibility index (Phi) is 5.66. The molecular formula is C14H28N4O. The molecule has 0 atom stereocenters. The summed E-state index contributed by atoms with van der Waals surface area (Å²) < 4.78 is 7.09. The Morgan fingerprint density at radius 1 is 1.32 bits per heavy atom. The summed E-state index contributed by atoms with van der Waals surface area (Å²) in [6.45, 7) is 11.1. The largest absolute Gasteiger partial charge is 0.394 e. The maximum Gasteiger partial charge on any atom is 0.150 e. The van der Waals surface area contributed by atoms with Crippen LogP contribution in [0.25, 0.3) is 0 Å². The Hall–Kier alpha value is -1.23. The highest BCUT2D eigenvalue weighted by Gasteiger charge is 2.21. The number of aryl methyl sites for hydroxylation is 1. The molecule has 0 aromatic carbocycles. The van der Waals surface area contributed by atoms with E-state index >= 15 is 0 Å². The zero-order chi connectivity index (χ0) is 14.6. The molecule has 19 heavy (non-hydrogen) atoms. The predicted octanol–water partition coefficient (Wildman–Crippen LogP) is 2.23. The Morgan fingerprint density at radius 2 is 1.95 bits per heavy atom. The van der Waals surface area contributed by atoms with Crippen molar-refractivity contribution < 1.29 is 4.74 Å². The van der Waals surface area contributed by atoms with Crippen LogP contribution in [0.5, 0.6) is 0 Å². The van der Waals surface area contributed by atoms with Gasteiger partial charge in [-0.2, -0.15) is 5.10 Å². The van der Waals surface area contributed by atoms with Gasteiger partial charge < -0.3 is 15.4 Å². The summed E-state index contributed by atoms with van der Waals surface area (Å²) in [6, 6.07) is 0. The van der Waals surface area contributed by atoms with E-state index in [1.165, 1.54) is 0 Å². The normalized spacial score (nSPS) is 11.6. The first-order valence-corrected chi connectivity index (χ1v) is 6.94. The van der Waals surface area contributed by atoms with E-state index in [9.17, 15) is 0 Å². The van der Waals surface area contributed by atoms with Crippen molar-refractivity contribution in [3.63, 3.8) is 0 Å². The molecule has 0 aliphatic heterocycles. The second kappa shape index (κ2) is 6.80. The Labute approximate surface area is 116 Å². The van der Waals surface area contributed by atoms with Gasteiger partial charge in [0.05, 0.1) is 18.0 Å². The summed E-state index contributed by atoms with van der Waals surface area (Å²) in [7, 11) is 3.68. The average Bonchev–Trinajstić information content (AvgIpc) is 2.60. The van der Waals surface area contributed by atoms with Crippen LogP contribution in [0.1, 0.15) is 39.3 Å². The molecule has 2 N–H and O–H groups in total. The Morgan fingerprint density at radius 3 is 2.37 bits per heavy atom. The third-order valence-corrected chi connectivity index (χ3v) is 3.08. The van der Waals surface area contributed by atoms with Crippen molar-refractivity contribution in [1.82, 2.24) is 9.78 Å². The van der Waals surface area contributed by atoms with Crippen LogP contribution in [0.15, 0.2) is 0 Å². The molecule has 110 valence electrons. The van der Waals surface area contributed by atoms with Crippen LogP contribution >= 0.6 is 0 Å². The minimum atomic E-state index is 0.336. The summed E-state index contributed by atoms with van der Waals surface area (Å²) in [4.78, 5) is 2.27. The summed E-state index contributed by atoms with van der Waals surface area (Å²) in [5, 5.41) is 4.56. The SMILES string of the molecule is COCCN(CC(C)C)c1c(N)c(C(C)C)nn1C. The average molecular weight is 268 g/mol. The van der Waals surface area contributed by atoms with E-state index in [0.29, 0.717) is 18.4 Å². The van der Waals surface area contributed by atoms with Crippen LogP contribution in [0, 0.1) is 5.92 Å². The summed E-state index contributed by atoms with van der Waals surface area (Å²) in [5.41, 5.74) is 8.06. The fraction of sp³-hybridized carbons (Fsp3) is 0.786. The van der Waals surface area contributed by atoms with Gasteiger partial charge in [0.2, 0.25) is 0 Å². The molecule has 1 heterocycles. The maximum atomic E-state index is 6.29. The van der Waals surface area contributed by atoms with E-state index in [2.05, 4.69) is 37.7 Å². The van der Waals surface area contributed by atoms with Gasteiger partial charge in [0, 0.05) is 27.2 Å². The molecule has 0 radical (unpaired) electrons. The van der Waals surface area contributed by atoms with Crippen molar-refractivity contribution in [3.8, 4) is 0 Å². The fourth-order valence-corrected chi connectivity index (χ4v) is 2.28. The molecule has 0 bridgehead atoms. The molecule has 1 rings (SSSR count). The van der Waals surface area contributed by atoms with Gasteiger partial charge in [-0.3, -0.25) is 4.68 Å². The highest BCUT2D eigenvalue weighted by molar-refractivity contribution is 5.67. The molecule has 5 nitrogen and oxygen atoms in total.